The Morgan fingerprint density at radius 2 is 2.05 bits per heavy atom. The van der Waals surface area contributed by atoms with Crippen LogP contribution in [0.15, 0.2) is 18.2 Å². The number of nitrogens with zero attached hydrogens (tertiary/aromatic N) is 1. The van der Waals surface area contributed by atoms with Crippen LogP contribution < -0.4 is 11.1 Å². The van der Waals surface area contributed by atoms with Crippen LogP contribution >= 0.6 is 0 Å². The first-order valence-electron chi connectivity index (χ1n) is 6.58. The second kappa shape index (κ2) is 7.31. The third-order valence-corrected chi connectivity index (χ3v) is 2.96. The highest BCUT2D eigenvalue weighted by Gasteiger charge is 2.28. The van der Waals surface area contributed by atoms with E-state index in [9.17, 15) is 18.0 Å². The number of alkyl halides is 3. The summed E-state index contributed by atoms with van der Waals surface area (Å²) in [6.45, 7) is 1.42. The van der Waals surface area contributed by atoms with E-state index in [0.717, 1.165) is 5.56 Å². The third-order valence-electron chi connectivity index (χ3n) is 2.96. The molecule has 7 heteroatoms. The lowest BCUT2D eigenvalue weighted by Gasteiger charge is -2.18. The van der Waals surface area contributed by atoms with Crippen molar-refractivity contribution in [2.75, 3.05) is 32.4 Å². The minimum Gasteiger partial charge on any atom is -0.399 e. The van der Waals surface area contributed by atoms with Crippen molar-refractivity contribution in [1.82, 2.24) is 10.2 Å². The quantitative estimate of drug-likeness (QED) is 0.625. The Bertz CT molecular complexity index is 489. The summed E-state index contributed by atoms with van der Waals surface area (Å²) in [5.74, 6) is -0.265. The van der Waals surface area contributed by atoms with Gasteiger partial charge in [0.2, 0.25) is 0 Å². The average molecular weight is 303 g/mol. The van der Waals surface area contributed by atoms with Gasteiger partial charge < -0.3 is 11.1 Å². The summed E-state index contributed by atoms with van der Waals surface area (Å²) in [6, 6.07) is 5.04. The fourth-order valence-corrected chi connectivity index (χ4v) is 1.92. The molecule has 0 unspecified atom stereocenters. The van der Waals surface area contributed by atoms with Crippen molar-refractivity contribution in [3.8, 4) is 0 Å². The maximum atomic E-state index is 12.1. The molecule has 0 aliphatic heterocycles. The van der Waals surface area contributed by atoms with E-state index in [2.05, 4.69) is 5.32 Å². The van der Waals surface area contributed by atoms with Gasteiger partial charge in [-0.3, -0.25) is 9.69 Å². The second-order valence-electron chi connectivity index (χ2n) is 5.04. The highest BCUT2D eigenvalue weighted by atomic mass is 19.4. The van der Waals surface area contributed by atoms with Crippen molar-refractivity contribution < 1.29 is 18.0 Å². The van der Waals surface area contributed by atoms with Gasteiger partial charge in [0, 0.05) is 17.8 Å². The smallest absolute Gasteiger partial charge is 0.399 e. The molecule has 0 radical (unpaired) electrons. The molecule has 21 heavy (non-hydrogen) atoms. The molecule has 0 saturated carbocycles. The van der Waals surface area contributed by atoms with E-state index in [1.165, 1.54) is 11.9 Å². The number of aryl methyl sites for hydroxylation is 1. The highest BCUT2D eigenvalue weighted by molar-refractivity contribution is 5.96. The van der Waals surface area contributed by atoms with E-state index >= 15 is 0 Å². The van der Waals surface area contributed by atoms with Gasteiger partial charge in [-0.15, -0.1) is 0 Å². The number of anilines is 1. The molecule has 1 aromatic carbocycles. The molecule has 0 aromatic heterocycles. The van der Waals surface area contributed by atoms with Crippen LogP contribution in [-0.4, -0.2) is 43.7 Å². The lowest BCUT2D eigenvalue weighted by molar-refractivity contribution is -0.143. The number of hydrogen-bond acceptors (Lipinski definition) is 3. The largest absolute Gasteiger partial charge is 0.401 e. The summed E-state index contributed by atoms with van der Waals surface area (Å²) in [4.78, 5) is 13.1. The normalized spacial score (nSPS) is 11.7. The zero-order chi connectivity index (χ0) is 16.0. The zero-order valence-electron chi connectivity index (χ0n) is 12.1. The molecular formula is C14H20F3N3O. The van der Waals surface area contributed by atoms with Crippen molar-refractivity contribution in [1.29, 1.82) is 0 Å². The van der Waals surface area contributed by atoms with Crippen LogP contribution in [0.3, 0.4) is 0 Å². The molecule has 3 N–H and O–H groups in total. The summed E-state index contributed by atoms with van der Waals surface area (Å²) >= 11 is 0. The first-order valence-corrected chi connectivity index (χ1v) is 6.58. The molecule has 1 aromatic rings. The van der Waals surface area contributed by atoms with Gasteiger partial charge in [-0.2, -0.15) is 13.2 Å². The number of rotatable bonds is 6. The lowest BCUT2D eigenvalue weighted by atomic mass is 10.1. The van der Waals surface area contributed by atoms with E-state index < -0.39 is 12.7 Å². The van der Waals surface area contributed by atoms with Crippen LogP contribution in [0.4, 0.5) is 18.9 Å². The van der Waals surface area contributed by atoms with Crippen LogP contribution in [0.25, 0.3) is 0 Å². The van der Waals surface area contributed by atoms with Gasteiger partial charge >= 0.3 is 6.18 Å². The maximum Gasteiger partial charge on any atom is 0.401 e. The monoisotopic (exact) mass is 303 g/mol. The Morgan fingerprint density at radius 1 is 1.38 bits per heavy atom. The number of carbonyl (C=O) groups excluding carboxylic acids is 1. The first kappa shape index (κ1) is 17.3. The number of hydrogen-bond donors (Lipinski definition) is 2. The zero-order valence-corrected chi connectivity index (χ0v) is 12.1. The predicted octanol–water partition coefficient (Wildman–Crippen LogP) is 2.19. The lowest BCUT2D eigenvalue weighted by Crippen LogP contribution is -2.34. The van der Waals surface area contributed by atoms with Gasteiger partial charge in [0.1, 0.15) is 0 Å². The van der Waals surface area contributed by atoms with Gasteiger partial charge in [-0.1, -0.05) is 6.07 Å². The van der Waals surface area contributed by atoms with Crippen molar-refractivity contribution in [3.05, 3.63) is 29.3 Å². The number of halogens is 3. The molecule has 1 amide bonds. The molecule has 0 aliphatic rings. The molecule has 1 rings (SSSR count). The molecule has 0 spiro atoms. The van der Waals surface area contributed by atoms with E-state index in [-0.39, 0.29) is 12.5 Å². The van der Waals surface area contributed by atoms with Gasteiger partial charge in [0.15, 0.2) is 0 Å². The summed E-state index contributed by atoms with van der Waals surface area (Å²) < 4.78 is 36.4. The number of nitrogen functional groups attached to an aromatic ring is 1. The number of amides is 1. The molecular weight excluding hydrogens is 283 g/mol. The van der Waals surface area contributed by atoms with Crippen molar-refractivity contribution in [2.45, 2.75) is 19.5 Å². The van der Waals surface area contributed by atoms with Gasteiger partial charge in [0.25, 0.3) is 5.91 Å². The summed E-state index contributed by atoms with van der Waals surface area (Å²) in [5.41, 5.74) is 7.41. The number of carbonyl (C=O) groups is 1. The fourth-order valence-electron chi connectivity index (χ4n) is 1.92. The topological polar surface area (TPSA) is 58.4 Å². The van der Waals surface area contributed by atoms with Crippen molar-refractivity contribution >= 4 is 11.6 Å². The summed E-state index contributed by atoms with van der Waals surface area (Å²) in [6.07, 6.45) is -3.75. The molecule has 118 valence electrons. The summed E-state index contributed by atoms with van der Waals surface area (Å²) in [5, 5.41) is 2.68. The van der Waals surface area contributed by atoms with Crippen LogP contribution in [0, 0.1) is 6.92 Å². The Labute approximate surface area is 122 Å². The standard InChI is InChI=1S/C14H20F3N3O/c1-10-4-5-11(18)8-12(10)13(21)19-6-3-7-20(2)9-14(15,16)17/h4-5,8H,3,6-7,9,18H2,1-2H3,(H,19,21). The van der Waals surface area contributed by atoms with Crippen LogP contribution in [0.1, 0.15) is 22.3 Å². The van der Waals surface area contributed by atoms with Gasteiger partial charge in [-0.05, 0) is 44.6 Å². The predicted molar refractivity (Wildman–Crippen MR) is 76.1 cm³/mol. The Morgan fingerprint density at radius 3 is 2.67 bits per heavy atom. The number of nitrogens with two attached hydrogens (primary N) is 1. The highest BCUT2D eigenvalue weighted by Crippen LogP contribution is 2.15. The SMILES string of the molecule is Cc1ccc(N)cc1C(=O)NCCCN(C)CC(F)(F)F. The second-order valence-corrected chi connectivity index (χ2v) is 5.04. The first-order chi connectivity index (χ1) is 9.69. The summed E-state index contributed by atoms with van der Waals surface area (Å²) in [7, 11) is 1.40. The minimum atomic E-state index is -4.20. The molecule has 0 fully saturated rings. The van der Waals surface area contributed by atoms with Crippen LogP contribution in [0.2, 0.25) is 0 Å². The Balaban J connectivity index is 2.36. The van der Waals surface area contributed by atoms with E-state index in [1.807, 2.05) is 0 Å². The van der Waals surface area contributed by atoms with Gasteiger partial charge in [0.05, 0.1) is 6.54 Å². The molecule has 0 aliphatic carbocycles. The maximum absolute atomic E-state index is 12.1. The van der Waals surface area contributed by atoms with Crippen LogP contribution in [0.5, 0.6) is 0 Å². The third kappa shape index (κ3) is 6.48. The molecule has 4 nitrogen and oxygen atoms in total. The molecule has 0 saturated heterocycles. The average Bonchev–Trinajstić information content (AvgIpc) is 2.35. The van der Waals surface area contributed by atoms with E-state index in [1.54, 1.807) is 25.1 Å². The van der Waals surface area contributed by atoms with Crippen molar-refractivity contribution in [3.63, 3.8) is 0 Å². The fraction of sp³-hybridized carbons (Fsp3) is 0.500. The Hall–Kier alpha value is -1.76. The molecule has 0 bridgehead atoms. The Kier molecular flexibility index (Phi) is 6.02. The molecule has 0 heterocycles. The number of benzene rings is 1. The van der Waals surface area contributed by atoms with Gasteiger partial charge in [-0.25, -0.2) is 0 Å². The van der Waals surface area contributed by atoms with E-state index in [0.29, 0.717) is 24.2 Å². The van der Waals surface area contributed by atoms with E-state index in [4.69, 9.17) is 5.73 Å². The van der Waals surface area contributed by atoms with Crippen LogP contribution in [-0.2, 0) is 0 Å². The minimum absolute atomic E-state index is 0.260. The number of nitrogens with one attached hydrogen (secondary N) is 1. The van der Waals surface area contributed by atoms with Crippen molar-refractivity contribution in [2.24, 2.45) is 0 Å². The molecule has 0 atom stereocenters.